The Morgan fingerprint density at radius 1 is 1.21 bits per heavy atom. The molecule has 1 aromatic carbocycles. The number of aromatic amines is 1. The standard InChI is InChI=1S/C21H26F3N5O4S/c1-5-15(31)12-8-25-20(29-18(12)21(22,23)24)28-17(10(2)3)19-26-13-6-11(9-30)16(34(4,32)33)7-14(13)27-19/h6-8,10,15,17,30-31H,5,9H2,1-4H3,(H,26,27)(H,25,28,29)/t15-,17-/m0/s1. The number of fused-ring (bicyclic) bond motifs is 1. The van der Waals surface area contributed by atoms with Crippen LogP contribution in [0.4, 0.5) is 19.1 Å². The van der Waals surface area contributed by atoms with Crippen LogP contribution in [0.3, 0.4) is 0 Å². The summed E-state index contributed by atoms with van der Waals surface area (Å²) in [6, 6.07) is 2.15. The number of alkyl halides is 3. The second kappa shape index (κ2) is 9.47. The Morgan fingerprint density at radius 2 is 1.88 bits per heavy atom. The number of anilines is 1. The lowest BCUT2D eigenvalue weighted by Crippen LogP contribution is -2.22. The van der Waals surface area contributed by atoms with Gasteiger partial charge < -0.3 is 20.5 Å². The minimum absolute atomic E-state index is 0.0576. The smallest absolute Gasteiger partial charge is 0.392 e. The van der Waals surface area contributed by atoms with E-state index in [1.54, 1.807) is 6.92 Å². The number of H-pyrrole nitrogens is 1. The Morgan fingerprint density at radius 3 is 2.41 bits per heavy atom. The Hall–Kier alpha value is -2.77. The van der Waals surface area contributed by atoms with Crippen molar-refractivity contribution in [2.45, 2.75) is 57.0 Å². The first-order chi connectivity index (χ1) is 15.8. The van der Waals surface area contributed by atoms with Crippen LogP contribution in [0.15, 0.2) is 23.2 Å². The average Bonchev–Trinajstić information content (AvgIpc) is 3.17. The molecule has 0 saturated carbocycles. The van der Waals surface area contributed by atoms with Crippen LogP contribution in [0.5, 0.6) is 0 Å². The number of aliphatic hydroxyl groups excluding tert-OH is 2. The van der Waals surface area contributed by atoms with E-state index in [2.05, 4.69) is 25.3 Å². The third-order valence-corrected chi connectivity index (χ3v) is 6.51. The number of imidazole rings is 1. The van der Waals surface area contributed by atoms with Crippen molar-refractivity contribution >= 4 is 26.8 Å². The number of nitrogens with one attached hydrogen (secondary N) is 2. The summed E-state index contributed by atoms with van der Waals surface area (Å²) in [5, 5.41) is 22.4. The molecule has 34 heavy (non-hydrogen) atoms. The zero-order chi connectivity index (χ0) is 25.4. The largest absolute Gasteiger partial charge is 0.433 e. The van der Waals surface area contributed by atoms with Crippen LogP contribution in [-0.4, -0.2) is 44.8 Å². The number of hydrogen-bond donors (Lipinski definition) is 4. The maximum Gasteiger partial charge on any atom is 0.433 e. The van der Waals surface area contributed by atoms with Gasteiger partial charge in [-0.1, -0.05) is 20.8 Å². The molecule has 4 N–H and O–H groups in total. The molecule has 13 heteroatoms. The first kappa shape index (κ1) is 25.8. The fourth-order valence-electron chi connectivity index (χ4n) is 3.56. The number of rotatable bonds is 8. The maximum absolute atomic E-state index is 13.6. The van der Waals surface area contributed by atoms with Crippen molar-refractivity contribution in [3.8, 4) is 0 Å². The van der Waals surface area contributed by atoms with Gasteiger partial charge in [0.15, 0.2) is 15.5 Å². The molecule has 0 aliphatic carbocycles. The molecule has 0 spiro atoms. The van der Waals surface area contributed by atoms with Gasteiger partial charge in [0, 0.05) is 18.0 Å². The Balaban J connectivity index is 2.05. The molecule has 0 radical (unpaired) electrons. The van der Waals surface area contributed by atoms with Crippen LogP contribution in [0.1, 0.15) is 62.0 Å². The van der Waals surface area contributed by atoms with Crippen molar-refractivity contribution < 1.29 is 31.8 Å². The van der Waals surface area contributed by atoms with Crippen LogP contribution in [0, 0.1) is 5.92 Å². The highest BCUT2D eigenvalue weighted by molar-refractivity contribution is 7.90. The minimum Gasteiger partial charge on any atom is -0.392 e. The van der Waals surface area contributed by atoms with Crippen molar-refractivity contribution in [3.63, 3.8) is 0 Å². The highest BCUT2D eigenvalue weighted by atomic mass is 32.2. The first-order valence-corrected chi connectivity index (χ1v) is 12.4. The van der Waals surface area contributed by atoms with Crippen LogP contribution in [0.25, 0.3) is 11.0 Å². The van der Waals surface area contributed by atoms with Crippen molar-refractivity contribution in [1.82, 2.24) is 19.9 Å². The van der Waals surface area contributed by atoms with Gasteiger partial charge in [0.1, 0.15) is 5.82 Å². The van der Waals surface area contributed by atoms with Gasteiger partial charge >= 0.3 is 6.18 Å². The summed E-state index contributed by atoms with van der Waals surface area (Å²) in [5.74, 6) is -0.160. The zero-order valence-corrected chi connectivity index (χ0v) is 19.8. The molecule has 186 valence electrons. The van der Waals surface area contributed by atoms with E-state index < -0.39 is 46.0 Å². The summed E-state index contributed by atoms with van der Waals surface area (Å²) in [6.07, 6.45) is -4.10. The fourth-order valence-corrected chi connectivity index (χ4v) is 4.49. The molecule has 2 aromatic heterocycles. The Bertz CT molecular complexity index is 1290. The number of hydrogen-bond acceptors (Lipinski definition) is 8. The van der Waals surface area contributed by atoms with E-state index >= 15 is 0 Å². The van der Waals surface area contributed by atoms with E-state index in [0.717, 1.165) is 12.5 Å². The minimum atomic E-state index is -4.79. The van der Waals surface area contributed by atoms with E-state index in [-0.39, 0.29) is 28.7 Å². The van der Waals surface area contributed by atoms with Gasteiger partial charge in [-0.15, -0.1) is 0 Å². The molecular formula is C21H26F3N5O4S. The molecule has 2 heterocycles. The van der Waals surface area contributed by atoms with Gasteiger partial charge in [-0.25, -0.2) is 23.4 Å². The lowest BCUT2D eigenvalue weighted by atomic mass is 10.0. The summed E-state index contributed by atoms with van der Waals surface area (Å²) < 4.78 is 64.9. The quantitative estimate of drug-likeness (QED) is 0.367. The van der Waals surface area contributed by atoms with Crippen LogP contribution in [0.2, 0.25) is 0 Å². The number of benzene rings is 1. The predicted octanol–water partition coefficient (Wildman–Crippen LogP) is 3.52. The zero-order valence-electron chi connectivity index (χ0n) is 19.0. The number of sulfone groups is 1. The molecule has 0 fully saturated rings. The van der Waals surface area contributed by atoms with Crippen LogP contribution >= 0.6 is 0 Å². The van der Waals surface area contributed by atoms with E-state index in [1.807, 2.05) is 13.8 Å². The highest BCUT2D eigenvalue weighted by Crippen LogP contribution is 2.35. The molecule has 2 atom stereocenters. The normalized spacial score (nSPS) is 14.5. The molecular weight excluding hydrogens is 475 g/mol. The van der Waals surface area contributed by atoms with Crippen LogP contribution < -0.4 is 5.32 Å². The van der Waals surface area contributed by atoms with Crippen LogP contribution in [-0.2, 0) is 22.6 Å². The summed E-state index contributed by atoms with van der Waals surface area (Å²) in [5.41, 5.74) is -0.662. The van der Waals surface area contributed by atoms with Gasteiger partial charge in [-0.3, -0.25) is 0 Å². The van der Waals surface area contributed by atoms with Gasteiger partial charge in [-0.2, -0.15) is 13.2 Å². The van der Waals surface area contributed by atoms with E-state index in [4.69, 9.17) is 0 Å². The SMILES string of the molecule is CC[C@H](O)c1cnc(N[C@H](c2nc3cc(S(C)(=O)=O)c(CO)cc3[nH]2)C(C)C)nc1C(F)(F)F. The Labute approximate surface area is 194 Å². The molecule has 0 unspecified atom stereocenters. The van der Waals surface area contributed by atoms with Crippen molar-refractivity contribution in [2.75, 3.05) is 11.6 Å². The molecule has 0 bridgehead atoms. The van der Waals surface area contributed by atoms with Crippen molar-refractivity contribution in [1.29, 1.82) is 0 Å². The summed E-state index contributed by atoms with van der Waals surface area (Å²) in [4.78, 5) is 15.0. The van der Waals surface area contributed by atoms with Gasteiger partial charge in [0.05, 0.1) is 34.7 Å². The molecule has 0 amide bonds. The third-order valence-electron chi connectivity index (χ3n) is 5.33. The van der Waals surface area contributed by atoms with E-state index in [0.29, 0.717) is 16.9 Å². The molecule has 0 aliphatic heterocycles. The molecule has 3 aromatic rings. The summed E-state index contributed by atoms with van der Waals surface area (Å²) >= 11 is 0. The second-order valence-corrected chi connectivity index (χ2v) is 10.3. The van der Waals surface area contributed by atoms with Gasteiger partial charge in [0.2, 0.25) is 5.95 Å². The molecule has 3 rings (SSSR count). The van der Waals surface area contributed by atoms with Gasteiger partial charge in [-0.05, 0) is 30.0 Å². The Kier molecular flexibility index (Phi) is 7.20. The van der Waals surface area contributed by atoms with Crippen molar-refractivity contribution in [3.05, 3.63) is 41.0 Å². The third kappa shape index (κ3) is 5.31. The fraction of sp³-hybridized carbons (Fsp3) is 0.476. The van der Waals surface area contributed by atoms with Crippen molar-refractivity contribution in [2.24, 2.45) is 5.92 Å². The topological polar surface area (TPSA) is 141 Å². The molecule has 9 nitrogen and oxygen atoms in total. The van der Waals surface area contributed by atoms with Gasteiger partial charge in [0.25, 0.3) is 0 Å². The monoisotopic (exact) mass is 501 g/mol. The highest BCUT2D eigenvalue weighted by Gasteiger charge is 2.38. The first-order valence-electron chi connectivity index (χ1n) is 10.5. The summed E-state index contributed by atoms with van der Waals surface area (Å²) in [6.45, 7) is 4.67. The maximum atomic E-state index is 13.6. The van der Waals surface area contributed by atoms with E-state index in [1.165, 1.54) is 12.1 Å². The average molecular weight is 502 g/mol. The number of halogens is 3. The number of aliphatic hydroxyl groups is 2. The van der Waals surface area contributed by atoms with E-state index in [9.17, 15) is 31.8 Å². The number of nitrogens with zero attached hydrogens (tertiary/aromatic N) is 3. The number of aromatic nitrogens is 4. The predicted molar refractivity (Wildman–Crippen MR) is 119 cm³/mol. The second-order valence-electron chi connectivity index (χ2n) is 8.31. The molecule has 0 saturated heterocycles. The lowest BCUT2D eigenvalue weighted by Gasteiger charge is -2.22. The molecule has 0 aliphatic rings. The summed E-state index contributed by atoms with van der Waals surface area (Å²) in [7, 11) is -3.62. The lowest BCUT2D eigenvalue weighted by molar-refractivity contribution is -0.142.